The van der Waals surface area contributed by atoms with Gasteiger partial charge in [-0.3, -0.25) is 0 Å². The minimum atomic E-state index is -0.192. The fraction of sp³-hybridized carbons (Fsp3) is 1.00. The molecule has 0 radical (unpaired) electrons. The molecule has 0 saturated carbocycles. The molecule has 0 aliphatic carbocycles. The first-order valence-corrected chi connectivity index (χ1v) is 8.64. The molecule has 0 N–H and O–H groups in total. The van der Waals surface area contributed by atoms with Gasteiger partial charge in [0.05, 0.1) is 0 Å². The van der Waals surface area contributed by atoms with Crippen molar-refractivity contribution in [2.24, 2.45) is 0 Å². The van der Waals surface area contributed by atoms with Crippen molar-refractivity contribution in [3.63, 3.8) is 0 Å². The Morgan fingerprint density at radius 2 is 2.11 bits per heavy atom. The average molecular weight is 164 g/mol. The Morgan fingerprint density at radius 3 is 2.67 bits per heavy atom. The van der Waals surface area contributed by atoms with Crippen LogP contribution in [0.5, 0.6) is 0 Å². The van der Waals surface area contributed by atoms with Crippen molar-refractivity contribution < 1.29 is 8.85 Å². The van der Waals surface area contributed by atoms with Gasteiger partial charge in [-0.25, -0.2) is 0 Å². The molecule has 4 heteroatoms. The average Bonchev–Trinajstić information content (AvgIpc) is 1.89. The van der Waals surface area contributed by atoms with E-state index in [1.807, 2.05) is 0 Å². The van der Waals surface area contributed by atoms with Crippen LogP contribution in [-0.2, 0) is 8.85 Å². The molecule has 56 valence electrons. The quantitative estimate of drug-likeness (QED) is 0.390. The van der Waals surface area contributed by atoms with Crippen LogP contribution in [0.25, 0.3) is 0 Å². The lowest BCUT2D eigenvalue weighted by Crippen LogP contribution is -2.10. The van der Waals surface area contributed by atoms with Gasteiger partial charge < -0.3 is 8.85 Å². The lowest BCUT2D eigenvalue weighted by molar-refractivity contribution is 0.330. The minimum absolute atomic E-state index is 0.190. The highest BCUT2D eigenvalue weighted by Gasteiger charge is 1.87. The van der Waals surface area contributed by atoms with Crippen molar-refractivity contribution in [1.82, 2.24) is 0 Å². The van der Waals surface area contributed by atoms with Crippen LogP contribution < -0.4 is 0 Å². The van der Waals surface area contributed by atoms with Gasteiger partial charge in [0.25, 0.3) is 0 Å². The molecule has 0 fully saturated rings. The van der Waals surface area contributed by atoms with Crippen LogP contribution in [0.15, 0.2) is 0 Å². The molecule has 0 unspecified atom stereocenters. The standard InChI is InChI=1S/C5H16O2Si2/c1-3-4-5-7-9-8-6-2/h3-5,8-9H2,1-2H3. The highest BCUT2D eigenvalue weighted by atomic mass is 29.2. The normalized spacial score (nSPS) is 12.7. The summed E-state index contributed by atoms with van der Waals surface area (Å²) < 4.78 is 10.4. The molecule has 0 atom stereocenters. The largest absolute Gasteiger partial charge is 0.428 e. The summed E-state index contributed by atoms with van der Waals surface area (Å²) in [4.78, 5) is 0. The summed E-state index contributed by atoms with van der Waals surface area (Å²) in [6.45, 7) is 3.15. The molecule has 0 bridgehead atoms. The Morgan fingerprint density at radius 1 is 1.33 bits per heavy atom. The molecule has 0 heterocycles. The van der Waals surface area contributed by atoms with E-state index < -0.39 is 0 Å². The highest BCUT2D eigenvalue weighted by molar-refractivity contribution is 6.93. The molecule has 0 aromatic heterocycles. The molecular weight excluding hydrogens is 148 g/mol. The van der Waals surface area contributed by atoms with Gasteiger partial charge in [-0.05, 0) is 6.42 Å². The number of rotatable bonds is 6. The van der Waals surface area contributed by atoms with Crippen LogP contribution in [0.2, 0.25) is 0 Å². The smallest absolute Gasteiger partial charge is 0.174 e. The van der Waals surface area contributed by atoms with Gasteiger partial charge in [-0.2, -0.15) is 0 Å². The van der Waals surface area contributed by atoms with Crippen molar-refractivity contribution in [2.45, 2.75) is 19.8 Å². The number of hydrogen-bond acceptors (Lipinski definition) is 2. The third-order valence-electron chi connectivity index (χ3n) is 1.07. The first kappa shape index (κ1) is 9.35. The summed E-state index contributed by atoms with van der Waals surface area (Å²) in [6, 6.07) is 0. The second kappa shape index (κ2) is 8.35. The van der Waals surface area contributed by atoms with Crippen molar-refractivity contribution in [2.75, 3.05) is 13.7 Å². The summed E-state index contributed by atoms with van der Waals surface area (Å²) in [7, 11) is 1.40. The van der Waals surface area contributed by atoms with Gasteiger partial charge in [0.2, 0.25) is 0 Å². The molecule has 9 heavy (non-hydrogen) atoms. The zero-order valence-corrected chi connectivity index (χ0v) is 9.18. The Hall–Kier alpha value is 0.354. The molecule has 0 aliphatic heterocycles. The van der Waals surface area contributed by atoms with E-state index in [-0.39, 0.29) is 18.6 Å². The fourth-order valence-electron chi connectivity index (χ4n) is 0.491. The van der Waals surface area contributed by atoms with Crippen LogP contribution >= 0.6 is 0 Å². The topological polar surface area (TPSA) is 18.5 Å². The Bertz CT molecular complexity index is 46.2. The third-order valence-corrected chi connectivity index (χ3v) is 4.82. The number of unbranched alkanes of at least 4 members (excludes halogenated alkanes) is 1. The lowest BCUT2D eigenvalue weighted by Gasteiger charge is -1.99. The van der Waals surface area contributed by atoms with Gasteiger partial charge in [-0.1, -0.05) is 13.3 Å². The Balaban J connectivity index is 2.60. The van der Waals surface area contributed by atoms with Crippen LogP contribution in [0.3, 0.4) is 0 Å². The van der Waals surface area contributed by atoms with Crippen molar-refractivity contribution in [3.05, 3.63) is 0 Å². The Kier molecular flexibility index (Phi) is 8.68. The second-order valence-corrected chi connectivity index (χ2v) is 6.21. The zero-order chi connectivity index (χ0) is 6.95. The van der Waals surface area contributed by atoms with E-state index in [9.17, 15) is 0 Å². The van der Waals surface area contributed by atoms with E-state index >= 15 is 0 Å². The molecule has 0 aromatic carbocycles. The van der Waals surface area contributed by atoms with Crippen molar-refractivity contribution >= 4 is 18.6 Å². The monoisotopic (exact) mass is 164 g/mol. The second-order valence-electron chi connectivity index (χ2n) is 1.96. The molecule has 2 nitrogen and oxygen atoms in total. The fourth-order valence-corrected chi connectivity index (χ4v) is 2.65. The minimum Gasteiger partial charge on any atom is -0.428 e. The van der Waals surface area contributed by atoms with Crippen molar-refractivity contribution in [1.29, 1.82) is 0 Å². The SMILES string of the molecule is CCCCO[SiH2][SiH2]OC. The summed E-state index contributed by atoms with van der Waals surface area (Å²) in [5.41, 5.74) is 0. The molecule has 0 aromatic rings. The summed E-state index contributed by atoms with van der Waals surface area (Å²) in [5, 5.41) is 0. The molecule has 0 aliphatic rings. The third kappa shape index (κ3) is 8.35. The summed E-state index contributed by atoms with van der Waals surface area (Å²) in [5.74, 6) is 0. The van der Waals surface area contributed by atoms with Gasteiger partial charge in [0, 0.05) is 13.7 Å². The van der Waals surface area contributed by atoms with E-state index in [4.69, 9.17) is 8.85 Å². The first-order valence-electron chi connectivity index (χ1n) is 3.48. The van der Waals surface area contributed by atoms with Gasteiger partial charge in [-0.15, -0.1) is 0 Å². The maximum absolute atomic E-state index is 5.39. The van der Waals surface area contributed by atoms with E-state index in [2.05, 4.69) is 6.92 Å². The number of hydrogen-bond donors (Lipinski definition) is 0. The molecule has 0 amide bonds. The van der Waals surface area contributed by atoms with Gasteiger partial charge in [0.1, 0.15) is 0 Å². The molecule has 0 saturated heterocycles. The summed E-state index contributed by atoms with van der Waals surface area (Å²) >= 11 is 0. The van der Waals surface area contributed by atoms with Gasteiger partial charge >= 0.3 is 0 Å². The first-order chi connectivity index (χ1) is 4.41. The van der Waals surface area contributed by atoms with Crippen LogP contribution in [-0.4, -0.2) is 32.3 Å². The van der Waals surface area contributed by atoms with E-state index in [0.29, 0.717) is 0 Å². The van der Waals surface area contributed by atoms with Crippen LogP contribution in [0.4, 0.5) is 0 Å². The van der Waals surface area contributed by atoms with E-state index in [0.717, 1.165) is 6.61 Å². The highest BCUT2D eigenvalue weighted by Crippen LogP contribution is 1.85. The van der Waals surface area contributed by atoms with Crippen LogP contribution in [0.1, 0.15) is 19.8 Å². The lowest BCUT2D eigenvalue weighted by atomic mass is 10.4. The molecule has 0 spiro atoms. The van der Waals surface area contributed by atoms with E-state index in [1.54, 1.807) is 7.11 Å². The maximum Gasteiger partial charge on any atom is 0.174 e. The molecule has 0 rings (SSSR count). The van der Waals surface area contributed by atoms with E-state index in [1.165, 1.54) is 12.8 Å². The summed E-state index contributed by atoms with van der Waals surface area (Å²) in [6.07, 6.45) is 2.45. The van der Waals surface area contributed by atoms with Crippen LogP contribution in [0, 0.1) is 0 Å². The molecular formula is C5H16O2Si2. The van der Waals surface area contributed by atoms with Gasteiger partial charge in [0.15, 0.2) is 18.6 Å². The predicted octanol–water partition coefficient (Wildman–Crippen LogP) is -0.468. The zero-order valence-electron chi connectivity index (χ0n) is 6.35. The predicted molar refractivity (Wildman–Crippen MR) is 45.0 cm³/mol. The van der Waals surface area contributed by atoms with Crippen molar-refractivity contribution in [3.8, 4) is 0 Å². The Labute approximate surface area is 61.6 Å². The maximum atomic E-state index is 5.39.